The molecular formula is C7H8F3N3O. The van der Waals surface area contributed by atoms with Crippen molar-refractivity contribution >= 4 is 5.95 Å². The average Bonchev–Trinajstić information content (AvgIpc) is 2.02. The standard InChI is InChI=1S/C7H8F3N3O/c1-4(7(8,9)10)14-5-2-3-12-6(11)13-5/h2-4H,1H3,(H2,11,12,13). The van der Waals surface area contributed by atoms with E-state index in [4.69, 9.17) is 5.73 Å². The molecule has 2 N–H and O–H groups in total. The van der Waals surface area contributed by atoms with E-state index in [1.54, 1.807) is 0 Å². The van der Waals surface area contributed by atoms with E-state index in [2.05, 4.69) is 14.7 Å². The number of rotatable bonds is 2. The summed E-state index contributed by atoms with van der Waals surface area (Å²) in [7, 11) is 0. The molecule has 0 bridgehead atoms. The van der Waals surface area contributed by atoms with Gasteiger partial charge < -0.3 is 10.5 Å². The number of nitrogens with zero attached hydrogens (tertiary/aromatic N) is 2. The van der Waals surface area contributed by atoms with Crippen LogP contribution in [0.15, 0.2) is 12.3 Å². The summed E-state index contributed by atoms with van der Waals surface area (Å²) in [6.45, 7) is 0.887. The van der Waals surface area contributed by atoms with Crippen LogP contribution in [0.3, 0.4) is 0 Å². The van der Waals surface area contributed by atoms with E-state index in [1.807, 2.05) is 0 Å². The Morgan fingerprint density at radius 3 is 2.64 bits per heavy atom. The summed E-state index contributed by atoms with van der Waals surface area (Å²) in [5.74, 6) is -0.320. The molecule has 78 valence electrons. The number of hydrogen-bond donors (Lipinski definition) is 1. The predicted octanol–water partition coefficient (Wildman–Crippen LogP) is 1.39. The van der Waals surface area contributed by atoms with Crippen molar-refractivity contribution in [2.45, 2.75) is 19.2 Å². The van der Waals surface area contributed by atoms with Crippen LogP contribution < -0.4 is 10.5 Å². The molecule has 1 atom stereocenters. The summed E-state index contributed by atoms with van der Waals surface area (Å²) in [5, 5.41) is 0. The fourth-order valence-corrected chi connectivity index (χ4v) is 0.670. The summed E-state index contributed by atoms with van der Waals surface area (Å²) in [6.07, 6.45) is -5.11. The van der Waals surface area contributed by atoms with E-state index in [-0.39, 0.29) is 11.8 Å². The number of aromatic nitrogens is 2. The molecule has 0 aliphatic heterocycles. The first-order chi connectivity index (χ1) is 6.39. The van der Waals surface area contributed by atoms with Gasteiger partial charge in [0.2, 0.25) is 11.8 Å². The topological polar surface area (TPSA) is 61.0 Å². The highest BCUT2D eigenvalue weighted by atomic mass is 19.4. The van der Waals surface area contributed by atoms with E-state index < -0.39 is 12.3 Å². The molecule has 0 fully saturated rings. The van der Waals surface area contributed by atoms with Crippen LogP contribution in [0.1, 0.15) is 6.92 Å². The maximum Gasteiger partial charge on any atom is 0.425 e. The van der Waals surface area contributed by atoms with Gasteiger partial charge >= 0.3 is 6.18 Å². The van der Waals surface area contributed by atoms with Gasteiger partial charge in [0.15, 0.2) is 6.10 Å². The number of nitrogens with two attached hydrogens (primary N) is 1. The zero-order valence-electron chi connectivity index (χ0n) is 7.25. The molecule has 0 saturated heterocycles. The van der Waals surface area contributed by atoms with Crippen LogP contribution in [0.25, 0.3) is 0 Å². The van der Waals surface area contributed by atoms with Gasteiger partial charge in [0.1, 0.15) is 0 Å². The molecule has 1 aromatic rings. The monoisotopic (exact) mass is 207 g/mol. The largest absolute Gasteiger partial charge is 0.465 e. The number of ether oxygens (including phenoxy) is 1. The predicted molar refractivity (Wildman–Crippen MR) is 42.6 cm³/mol. The normalized spacial score (nSPS) is 13.7. The Morgan fingerprint density at radius 1 is 1.50 bits per heavy atom. The Bertz CT molecular complexity index is 315. The molecular weight excluding hydrogens is 199 g/mol. The number of anilines is 1. The van der Waals surface area contributed by atoms with E-state index >= 15 is 0 Å². The van der Waals surface area contributed by atoms with Crippen molar-refractivity contribution in [3.63, 3.8) is 0 Å². The number of alkyl halides is 3. The van der Waals surface area contributed by atoms with Gasteiger partial charge in [-0.1, -0.05) is 0 Å². The third-order valence-corrected chi connectivity index (χ3v) is 1.41. The van der Waals surface area contributed by atoms with Crippen LogP contribution in [0.2, 0.25) is 0 Å². The Hall–Kier alpha value is -1.53. The maximum atomic E-state index is 12.0. The number of nitrogen functional groups attached to an aromatic ring is 1. The highest BCUT2D eigenvalue weighted by Gasteiger charge is 2.38. The summed E-state index contributed by atoms with van der Waals surface area (Å²) in [5.41, 5.74) is 5.16. The van der Waals surface area contributed by atoms with E-state index in [0.717, 1.165) is 6.92 Å². The molecule has 4 nitrogen and oxygen atoms in total. The third kappa shape index (κ3) is 2.75. The van der Waals surface area contributed by atoms with Gasteiger partial charge in [0.05, 0.1) is 0 Å². The summed E-state index contributed by atoms with van der Waals surface area (Å²) >= 11 is 0. The van der Waals surface area contributed by atoms with Gasteiger partial charge in [0, 0.05) is 12.3 Å². The Kier molecular flexibility index (Phi) is 2.78. The molecule has 0 aliphatic carbocycles. The van der Waals surface area contributed by atoms with Crippen molar-refractivity contribution in [3.05, 3.63) is 12.3 Å². The Balaban J connectivity index is 2.70. The maximum absolute atomic E-state index is 12.0. The lowest BCUT2D eigenvalue weighted by atomic mass is 10.4. The molecule has 0 spiro atoms. The molecule has 14 heavy (non-hydrogen) atoms. The zero-order valence-corrected chi connectivity index (χ0v) is 7.25. The first-order valence-corrected chi connectivity index (χ1v) is 3.71. The average molecular weight is 207 g/mol. The number of hydrogen-bond acceptors (Lipinski definition) is 4. The van der Waals surface area contributed by atoms with Gasteiger partial charge in [0.25, 0.3) is 0 Å². The van der Waals surface area contributed by atoms with Crippen LogP contribution in [-0.4, -0.2) is 22.2 Å². The van der Waals surface area contributed by atoms with Crippen molar-refractivity contribution in [1.29, 1.82) is 0 Å². The van der Waals surface area contributed by atoms with Gasteiger partial charge in [-0.3, -0.25) is 0 Å². The summed E-state index contributed by atoms with van der Waals surface area (Å²) < 4.78 is 40.6. The smallest absolute Gasteiger partial charge is 0.425 e. The van der Waals surface area contributed by atoms with Gasteiger partial charge in [-0.05, 0) is 6.92 Å². The second-order valence-corrected chi connectivity index (χ2v) is 2.55. The minimum Gasteiger partial charge on any atom is -0.465 e. The molecule has 1 rings (SSSR count). The molecule has 0 aromatic carbocycles. The second kappa shape index (κ2) is 3.69. The molecule has 0 radical (unpaired) electrons. The minimum absolute atomic E-state index is 0.128. The van der Waals surface area contributed by atoms with Crippen LogP contribution in [0.5, 0.6) is 5.88 Å². The first-order valence-electron chi connectivity index (χ1n) is 3.71. The summed E-state index contributed by atoms with van der Waals surface area (Å²) in [6, 6.07) is 1.21. The fraction of sp³-hybridized carbons (Fsp3) is 0.429. The Labute approximate surface area is 77.9 Å². The molecule has 7 heteroatoms. The van der Waals surface area contributed by atoms with Crippen LogP contribution in [0.4, 0.5) is 19.1 Å². The molecule has 0 amide bonds. The SMILES string of the molecule is CC(Oc1ccnc(N)n1)C(F)(F)F. The van der Waals surface area contributed by atoms with Gasteiger partial charge in [-0.2, -0.15) is 18.2 Å². The molecule has 1 unspecified atom stereocenters. The van der Waals surface area contributed by atoms with Crippen molar-refractivity contribution in [2.75, 3.05) is 5.73 Å². The van der Waals surface area contributed by atoms with E-state index in [1.165, 1.54) is 12.3 Å². The van der Waals surface area contributed by atoms with E-state index in [9.17, 15) is 13.2 Å². The highest BCUT2D eigenvalue weighted by Crippen LogP contribution is 2.23. The van der Waals surface area contributed by atoms with Crippen molar-refractivity contribution in [2.24, 2.45) is 0 Å². The lowest BCUT2D eigenvalue weighted by Crippen LogP contribution is -2.31. The van der Waals surface area contributed by atoms with E-state index in [0.29, 0.717) is 0 Å². The van der Waals surface area contributed by atoms with Crippen LogP contribution in [0, 0.1) is 0 Å². The van der Waals surface area contributed by atoms with Crippen molar-refractivity contribution < 1.29 is 17.9 Å². The second-order valence-electron chi connectivity index (χ2n) is 2.55. The highest BCUT2D eigenvalue weighted by molar-refractivity contribution is 5.20. The molecule has 1 aromatic heterocycles. The minimum atomic E-state index is -4.42. The Morgan fingerprint density at radius 2 is 2.14 bits per heavy atom. The molecule has 1 heterocycles. The van der Waals surface area contributed by atoms with Crippen LogP contribution >= 0.6 is 0 Å². The quantitative estimate of drug-likeness (QED) is 0.795. The molecule has 0 saturated carbocycles. The van der Waals surface area contributed by atoms with Crippen molar-refractivity contribution in [1.82, 2.24) is 9.97 Å². The first kappa shape index (κ1) is 10.6. The molecule has 0 aliphatic rings. The number of halogens is 3. The van der Waals surface area contributed by atoms with Gasteiger partial charge in [-0.25, -0.2) is 4.98 Å². The fourth-order valence-electron chi connectivity index (χ4n) is 0.670. The third-order valence-electron chi connectivity index (χ3n) is 1.41. The lowest BCUT2D eigenvalue weighted by Gasteiger charge is -2.16. The summed E-state index contributed by atoms with van der Waals surface area (Å²) in [4.78, 5) is 6.99. The van der Waals surface area contributed by atoms with Crippen molar-refractivity contribution in [3.8, 4) is 5.88 Å². The van der Waals surface area contributed by atoms with Crippen LogP contribution in [-0.2, 0) is 0 Å². The lowest BCUT2D eigenvalue weighted by molar-refractivity contribution is -0.189. The zero-order chi connectivity index (χ0) is 10.8. The van der Waals surface area contributed by atoms with Gasteiger partial charge in [-0.15, -0.1) is 0 Å².